The summed E-state index contributed by atoms with van der Waals surface area (Å²) in [5.41, 5.74) is 1.38. The highest BCUT2D eigenvalue weighted by Crippen LogP contribution is 2.18. The fraction of sp³-hybridized carbons (Fsp3) is 0.533. The number of hydrogen-bond donors (Lipinski definition) is 0. The molecule has 1 saturated heterocycles. The second-order valence-electron chi connectivity index (χ2n) is 5.52. The normalized spacial score (nSPS) is 17.4. The third-order valence-electron chi connectivity index (χ3n) is 4.09. The van der Waals surface area contributed by atoms with Crippen LogP contribution in [0.4, 0.5) is 0 Å². The van der Waals surface area contributed by atoms with E-state index in [0.29, 0.717) is 0 Å². The molecule has 0 spiro atoms. The molecule has 2 aromatic rings. The van der Waals surface area contributed by atoms with Crippen molar-refractivity contribution in [1.82, 2.24) is 24.9 Å². The number of pyridine rings is 1. The fourth-order valence-electron chi connectivity index (χ4n) is 2.82. The third-order valence-corrected chi connectivity index (χ3v) is 4.09. The molecule has 0 unspecified atom stereocenters. The zero-order valence-corrected chi connectivity index (χ0v) is 11.7. The second-order valence-corrected chi connectivity index (χ2v) is 5.52. The van der Waals surface area contributed by atoms with Crippen LogP contribution in [0.5, 0.6) is 0 Å². The van der Waals surface area contributed by atoms with Gasteiger partial charge in [0.25, 0.3) is 0 Å². The minimum atomic E-state index is 0.744. The molecule has 0 bridgehead atoms. The number of nitrogens with zero attached hydrogens (tertiary/aromatic N) is 5. The van der Waals surface area contributed by atoms with E-state index in [1.165, 1.54) is 31.5 Å². The summed E-state index contributed by atoms with van der Waals surface area (Å²) in [5, 5.41) is 7.92. The van der Waals surface area contributed by atoms with E-state index in [0.717, 1.165) is 25.4 Å². The monoisotopic (exact) mass is 271 g/mol. The van der Waals surface area contributed by atoms with Gasteiger partial charge in [-0.1, -0.05) is 5.21 Å². The summed E-state index contributed by atoms with van der Waals surface area (Å²) in [5.74, 6) is 0.744. The SMILES string of the molecule is c1cc(CCN2CCC(Cn3ccnn3)CC2)ccn1. The van der Waals surface area contributed by atoms with Gasteiger partial charge in [0.15, 0.2) is 0 Å². The molecule has 1 aliphatic heterocycles. The first-order valence-electron chi connectivity index (χ1n) is 7.35. The molecule has 1 aliphatic rings. The summed E-state index contributed by atoms with van der Waals surface area (Å²) in [6, 6.07) is 4.22. The van der Waals surface area contributed by atoms with Crippen molar-refractivity contribution in [2.24, 2.45) is 5.92 Å². The van der Waals surface area contributed by atoms with Gasteiger partial charge in [-0.3, -0.25) is 9.67 Å². The Morgan fingerprint density at radius 3 is 2.60 bits per heavy atom. The van der Waals surface area contributed by atoms with Crippen LogP contribution in [0.15, 0.2) is 36.9 Å². The Hall–Kier alpha value is -1.75. The van der Waals surface area contributed by atoms with Crippen LogP contribution in [0.25, 0.3) is 0 Å². The van der Waals surface area contributed by atoms with Gasteiger partial charge >= 0.3 is 0 Å². The molecular weight excluding hydrogens is 250 g/mol. The Labute approximate surface area is 119 Å². The van der Waals surface area contributed by atoms with Crippen molar-refractivity contribution in [3.05, 3.63) is 42.5 Å². The van der Waals surface area contributed by atoms with E-state index in [9.17, 15) is 0 Å². The summed E-state index contributed by atoms with van der Waals surface area (Å²) >= 11 is 0. The predicted molar refractivity (Wildman–Crippen MR) is 77.1 cm³/mol. The molecule has 0 amide bonds. The van der Waals surface area contributed by atoms with Gasteiger partial charge in [-0.15, -0.1) is 5.10 Å². The molecule has 5 heteroatoms. The van der Waals surface area contributed by atoms with Gasteiger partial charge in [-0.05, 0) is 56.0 Å². The minimum Gasteiger partial charge on any atom is -0.303 e. The van der Waals surface area contributed by atoms with Gasteiger partial charge in [0.05, 0.1) is 6.20 Å². The lowest BCUT2D eigenvalue weighted by atomic mass is 9.96. The quantitative estimate of drug-likeness (QED) is 0.829. The van der Waals surface area contributed by atoms with Gasteiger partial charge in [0, 0.05) is 31.7 Å². The van der Waals surface area contributed by atoms with E-state index in [-0.39, 0.29) is 0 Å². The summed E-state index contributed by atoms with van der Waals surface area (Å²) in [4.78, 5) is 6.63. The van der Waals surface area contributed by atoms with Crippen LogP contribution in [0, 0.1) is 5.92 Å². The molecule has 2 aromatic heterocycles. The van der Waals surface area contributed by atoms with Gasteiger partial charge in [-0.2, -0.15) is 0 Å². The molecule has 1 fully saturated rings. The van der Waals surface area contributed by atoms with Crippen LogP contribution in [0.3, 0.4) is 0 Å². The Morgan fingerprint density at radius 2 is 1.90 bits per heavy atom. The number of aromatic nitrogens is 4. The zero-order chi connectivity index (χ0) is 13.6. The first kappa shape index (κ1) is 13.2. The topological polar surface area (TPSA) is 46.8 Å². The summed E-state index contributed by atoms with van der Waals surface area (Å²) in [6.07, 6.45) is 11.1. The molecule has 3 heterocycles. The van der Waals surface area contributed by atoms with Crippen LogP contribution >= 0.6 is 0 Å². The lowest BCUT2D eigenvalue weighted by Crippen LogP contribution is -2.36. The molecule has 3 rings (SSSR count). The second kappa shape index (κ2) is 6.61. The molecule has 0 aliphatic carbocycles. The Balaban J connectivity index is 1.40. The predicted octanol–water partition coefficient (Wildman–Crippen LogP) is 1.63. The smallest absolute Gasteiger partial charge is 0.0692 e. The molecular formula is C15H21N5. The number of hydrogen-bond acceptors (Lipinski definition) is 4. The first-order chi connectivity index (χ1) is 9.90. The van der Waals surface area contributed by atoms with Crippen LogP contribution in [-0.4, -0.2) is 44.5 Å². The summed E-state index contributed by atoms with van der Waals surface area (Å²) in [7, 11) is 0. The highest BCUT2D eigenvalue weighted by Gasteiger charge is 2.19. The molecule has 0 radical (unpaired) electrons. The molecule has 0 N–H and O–H groups in total. The van der Waals surface area contributed by atoms with Crippen molar-refractivity contribution in [2.75, 3.05) is 19.6 Å². The van der Waals surface area contributed by atoms with Gasteiger partial charge in [-0.25, -0.2) is 0 Å². The maximum atomic E-state index is 4.06. The van der Waals surface area contributed by atoms with Crippen molar-refractivity contribution in [3.8, 4) is 0 Å². The highest BCUT2D eigenvalue weighted by atomic mass is 15.4. The van der Waals surface area contributed by atoms with Crippen LogP contribution in [0.1, 0.15) is 18.4 Å². The van der Waals surface area contributed by atoms with Gasteiger partial charge < -0.3 is 4.90 Å². The van der Waals surface area contributed by atoms with E-state index in [1.807, 2.05) is 23.3 Å². The molecule has 0 aromatic carbocycles. The molecule has 0 saturated carbocycles. The Morgan fingerprint density at radius 1 is 1.10 bits per heavy atom. The zero-order valence-electron chi connectivity index (χ0n) is 11.7. The maximum Gasteiger partial charge on any atom is 0.0692 e. The third kappa shape index (κ3) is 3.63. The van der Waals surface area contributed by atoms with Crippen LogP contribution < -0.4 is 0 Å². The number of piperidine rings is 1. The van der Waals surface area contributed by atoms with Crippen molar-refractivity contribution in [1.29, 1.82) is 0 Å². The van der Waals surface area contributed by atoms with E-state index >= 15 is 0 Å². The van der Waals surface area contributed by atoms with E-state index in [2.05, 4.69) is 32.3 Å². The van der Waals surface area contributed by atoms with Crippen molar-refractivity contribution < 1.29 is 0 Å². The summed E-state index contributed by atoms with van der Waals surface area (Å²) < 4.78 is 1.96. The summed E-state index contributed by atoms with van der Waals surface area (Å²) in [6.45, 7) is 4.56. The Bertz CT molecular complexity index is 488. The highest BCUT2D eigenvalue weighted by molar-refractivity contribution is 5.09. The van der Waals surface area contributed by atoms with Gasteiger partial charge in [0.1, 0.15) is 0 Å². The van der Waals surface area contributed by atoms with Crippen molar-refractivity contribution in [2.45, 2.75) is 25.8 Å². The average Bonchev–Trinajstić information content (AvgIpc) is 3.01. The standard InChI is InChI=1S/C15H21N5/c1-6-16-7-2-14(1)3-9-19-10-4-15(5-11-19)13-20-12-8-17-18-20/h1-2,6-8,12,15H,3-5,9-11,13H2. The van der Waals surface area contributed by atoms with Crippen LogP contribution in [0.2, 0.25) is 0 Å². The maximum absolute atomic E-state index is 4.06. The molecule has 5 nitrogen and oxygen atoms in total. The first-order valence-corrected chi connectivity index (χ1v) is 7.35. The average molecular weight is 271 g/mol. The molecule has 20 heavy (non-hydrogen) atoms. The van der Waals surface area contributed by atoms with E-state index < -0.39 is 0 Å². The largest absolute Gasteiger partial charge is 0.303 e. The van der Waals surface area contributed by atoms with E-state index in [1.54, 1.807) is 6.20 Å². The minimum absolute atomic E-state index is 0.744. The van der Waals surface area contributed by atoms with Gasteiger partial charge in [0.2, 0.25) is 0 Å². The van der Waals surface area contributed by atoms with Crippen molar-refractivity contribution in [3.63, 3.8) is 0 Å². The Kier molecular flexibility index (Phi) is 4.38. The van der Waals surface area contributed by atoms with Crippen molar-refractivity contribution >= 4 is 0 Å². The fourth-order valence-corrected chi connectivity index (χ4v) is 2.82. The number of likely N-dealkylation sites (tertiary alicyclic amines) is 1. The molecule has 0 atom stereocenters. The molecule has 106 valence electrons. The number of rotatable bonds is 5. The lowest BCUT2D eigenvalue weighted by Gasteiger charge is -2.31. The van der Waals surface area contributed by atoms with E-state index in [4.69, 9.17) is 0 Å². The van der Waals surface area contributed by atoms with Crippen LogP contribution in [-0.2, 0) is 13.0 Å². The lowest BCUT2D eigenvalue weighted by molar-refractivity contribution is 0.172.